The molecule has 1 aromatic rings. The van der Waals surface area contributed by atoms with E-state index in [0.717, 1.165) is 50.5 Å². The number of rotatable bonds is 7. The summed E-state index contributed by atoms with van der Waals surface area (Å²) < 4.78 is 5.53. The van der Waals surface area contributed by atoms with Gasteiger partial charge in [-0.3, -0.25) is 9.79 Å². The summed E-state index contributed by atoms with van der Waals surface area (Å²) in [6.07, 6.45) is 4.02. The Bertz CT molecular complexity index is 611. The van der Waals surface area contributed by atoms with E-state index in [-0.39, 0.29) is 11.8 Å². The van der Waals surface area contributed by atoms with Gasteiger partial charge in [0.25, 0.3) is 0 Å². The smallest absolute Gasteiger partial charge is 0.223 e. The fourth-order valence-electron chi connectivity index (χ4n) is 2.80. The summed E-state index contributed by atoms with van der Waals surface area (Å²) in [6, 6.07) is 6.41. The number of guanidine groups is 1. The van der Waals surface area contributed by atoms with Crippen LogP contribution in [0.2, 0.25) is 0 Å². The minimum Gasteiger partial charge on any atom is -0.493 e. The maximum Gasteiger partial charge on any atom is 0.223 e. The molecule has 0 unspecified atom stereocenters. The van der Waals surface area contributed by atoms with E-state index in [4.69, 9.17) is 4.74 Å². The molecule has 0 aromatic heterocycles. The van der Waals surface area contributed by atoms with Crippen LogP contribution in [0.3, 0.4) is 0 Å². The Morgan fingerprint density at radius 1 is 1.21 bits per heavy atom. The zero-order chi connectivity index (χ0) is 16.8. The van der Waals surface area contributed by atoms with Gasteiger partial charge in [0.15, 0.2) is 5.96 Å². The van der Waals surface area contributed by atoms with Gasteiger partial charge in [-0.15, -0.1) is 0 Å². The highest BCUT2D eigenvalue weighted by Gasteiger charge is 2.28. The zero-order valence-electron chi connectivity index (χ0n) is 14.2. The second kappa shape index (κ2) is 8.04. The highest BCUT2D eigenvalue weighted by Crippen LogP contribution is 2.28. The number of carbonyl (C=O) groups excluding carboxylic acids is 1. The fourth-order valence-corrected chi connectivity index (χ4v) is 2.80. The molecule has 2 aliphatic rings. The van der Waals surface area contributed by atoms with Crippen molar-refractivity contribution in [1.29, 1.82) is 0 Å². The number of ether oxygens (including phenoxy) is 1. The second-order valence-corrected chi connectivity index (χ2v) is 6.28. The van der Waals surface area contributed by atoms with E-state index in [2.05, 4.69) is 39.1 Å². The summed E-state index contributed by atoms with van der Waals surface area (Å²) in [5.74, 6) is 2.23. The predicted octanol–water partition coefficient (Wildman–Crippen LogP) is 0.855. The van der Waals surface area contributed by atoms with Gasteiger partial charge in [0.2, 0.25) is 5.91 Å². The van der Waals surface area contributed by atoms with Gasteiger partial charge in [-0.2, -0.15) is 0 Å². The lowest BCUT2D eigenvalue weighted by Gasteiger charge is -2.12. The third kappa shape index (κ3) is 4.63. The molecular weight excluding hydrogens is 304 g/mol. The number of fused-ring (bicyclic) bond motifs is 1. The number of hydrogen-bond donors (Lipinski definition) is 3. The van der Waals surface area contributed by atoms with Crippen molar-refractivity contribution in [3.8, 4) is 5.75 Å². The number of carbonyl (C=O) groups is 1. The first-order chi connectivity index (χ1) is 11.8. The average molecular weight is 330 g/mol. The van der Waals surface area contributed by atoms with Crippen molar-refractivity contribution in [3.05, 3.63) is 29.3 Å². The van der Waals surface area contributed by atoms with Crippen LogP contribution in [0.4, 0.5) is 0 Å². The van der Waals surface area contributed by atoms with Crippen LogP contribution in [0, 0.1) is 5.92 Å². The molecule has 0 spiro atoms. The normalized spacial score (nSPS) is 16.3. The Labute approximate surface area is 143 Å². The molecule has 1 aliphatic heterocycles. The largest absolute Gasteiger partial charge is 0.493 e. The molecule has 1 aliphatic carbocycles. The molecule has 3 rings (SSSR count). The number of aliphatic imine (C=N–C) groups is 1. The Morgan fingerprint density at radius 3 is 2.79 bits per heavy atom. The van der Waals surface area contributed by atoms with E-state index >= 15 is 0 Å². The quantitative estimate of drug-likeness (QED) is 0.394. The van der Waals surface area contributed by atoms with E-state index in [0.29, 0.717) is 13.1 Å². The van der Waals surface area contributed by atoms with Gasteiger partial charge < -0.3 is 20.7 Å². The predicted molar refractivity (Wildman–Crippen MR) is 94.4 cm³/mol. The molecule has 1 fully saturated rings. The average Bonchev–Trinajstić information content (AvgIpc) is 3.35. The van der Waals surface area contributed by atoms with Crippen LogP contribution in [0.1, 0.15) is 24.0 Å². The van der Waals surface area contributed by atoms with Gasteiger partial charge in [0, 0.05) is 39.0 Å². The molecule has 24 heavy (non-hydrogen) atoms. The van der Waals surface area contributed by atoms with E-state index in [1.54, 1.807) is 7.05 Å². The van der Waals surface area contributed by atoms with Crippen molar-refractivity contribution < 1.29 is 9.53 Å². The van der Waals surface area contributed by atoms with E-state index in [9.17, 15) is 4.79 Å². The maximum absolute atomic E-state index is 11.5. The minimum atomic E-state index is 0.181. The van der Waals surface area contributed by atoms with Gasteiger partial charge >= 0.3 is 0 Å². The Balaban J connectivity index is 1.33. The van der Waals surface area contributed by atoms with E-state index in [1.807, 2.05) is 0 Å². The maximum atomic E-state index is 11.5. The van der Waals surface area contributed by atoms with Crippen molar-refractivity contribution >= 4 is 11.9 Å². The van der Waals surface area contributed by atoms with Crippen LogP contribution >= 0.6 is 0 Å². The molecule has 6 heteroatoms. The van der Waals surface area contributed by atoms with Gasteiger partial charge in [0.1, 0.15) is 5.75 Å². The number of hydrogen-bond acceptors (Lipinski definition) is 3. The summed E-state index contributed by atoms with van der Waals surface area (Å²) in [5, 5.41) is 9.45. The number of amides is 1. The third-order valence-electron chi connectivity index (χ3n) is 4.35. The Morgan fingerprint density at radius 2 is 2.00 bits per heavy atom. The van der Waals surface area contributed by atoms with Crippen LogP contribution < -0.4 is 20.7 Å². The molecule has 1 heterocycles. The Hall–Kier alpha value is -2.24. The zero-order valence-corrected chi connectivity index (χ0v) is 14.2. The molecular formula is C18H26N4O2. The first-order valence-corrected chi connectivity index (χ1v) is 8.73. The molecule has 1 aromatic carbocycles. The highest BCUT2D eigenvalue weighted by atomic mass is 16.5. The lowest BCUT2D eigenvalue weighted by atomic mass is 10.1. The third-order valence-corrected chi connectivity index (χ3v) is 4.35. The van der Waals surface area contributed by atoms with Crippen LogP contribution in [-0.4, -0.2) is 45.2 Å². The lowest BCUT2D eigenvalue weighted by molar-refractivity contribution is -0.122. The van der Waals surface area contributed by atoms with Gasteiger partial charge in [-0.25, -0.2) is 0 Å². The van der Waals surface area contributed by atoms with Crippen LogP contribution in [0.15, 0.2) is 23.2 Å². The summed E-state index contributed by atoms with van der Waals surface area (Å²) in [4.78, 5) is 15.7. The summed E-state index contributed by atoms with van der Waals surface area (Å²) in [7, 11) is 1.75. The number of nitrogens with one attached hydrogen (secondary N) is 3. The van der Waals surface area contributed by atoms with Crippen LogP contribution in [0.5, 0.6) is 5.75 Å². The molecule has 0 bridgehead atoms. The molecule has 3 N–H and O–H groups in total. The van der Waals surface area contributed by atoms with Crippen LogP contribution in [-0.2, 0) is 17.6 Å². The van der Waals surface area contributed by atoms with Crippen molar-refractivity contribution in [2.45, 2.75) is 25.7 Å². The molecule has 0 saturated heterocycles. The minimum absolute atomic E-state index is 0.181. The van der Waals surface area contributed by atoms with E-state index < -0.39 is 0 Å². The molecule has 1 amide bonds. The summed E-state index contributed by atoms with van der Waals surface area (Å²) >= 11 is 0. The first kappa shape index (κ1) is 16.6. The van der Waals surface area contributed by atoms with Crippen molar-refractivity contribution in [2.75, 3.05) is 33.3 Å². The van der Waals surface area contributed by atoms with Crippen molar-refractivity contribution in [3.63, 3.8) is 0 Å². The van der Waals surface area contributed by atoms with Crippen molar-refractivity contribution in [2.24, 2.45) is 10.9 Å². The molecule has 0 atom stereocenters. The highest BCUT2D eigenvalue weighted by molar-refractivity contribution is 5.81. The van der Waals surface area contributed by atoms with Gasteiger partial charge in [0.05, 0.1) is 6.61 Å². The molecule has 6 nitrogen and oxygen atoms in total. The summed E-state index contributed by atoms with van der Waals surface area (Å²) in [5.41, 5.74) is 2.61. The monoisotopic (exact) mass is 330 g/mol. The Kier molecular flexibility index (Phi) is 5.56. The lowest BCUT2D eigenvalue weighted by Crippen LogP contribution is -2.42. The van der Waals surface area contributed by atoms with E-state index in [1.165, 1.54) is 11.1 Å². The molecule has 1 saturated carbocycles. The SMILES string of the molecule is CN=C(NCCNC(=O)C1CC1)NCCc1ccc2c(c1)CCO2. The fraction of sp³-hybridized carbons (Fsp3) is 0.556. The number of benzene rings is 1. The number of nitrogens with zero attached hydrogens (tertiary/aromatic N) is 1. The summed E-state index contributed by atoms with van der Waals surface area (Å²) in [6.45, 7) is 2.91. The second-order valence-electron chi connectivity index (χ2n) is 6.28. The molecule has 130 valence electrons. The molecule has 0 radical (unpaired) electrons. The first-order valence-electron chi connectivity index (χ1n) is 8.73. The van der Waals surface area contributed by atoms with Gasteiger partial charge in [-0.05, 0) is 36.5 Å². The van der Waals surface area contributed by atoms with Crippen LogP contribution in [0.25, 0.3) is 0 Å². The topological polar surface area (TPSA) is 74.8 Å². The van der Waals surface area contributed by atoms with Crippen molar-refractivity contribution in [1.82, 2.24) is 16.0 Å². The standard InChI is InChI=1S/C18H26N4O2/c1-19-18(22-10-9-20-17(23)14-3-4-14)21-8-6-13-2-5-16-15(12-13)7-11-24-16/h2,5,12,14H,3-4,6-11H2,1H3,(H,20,23)(H2,19,21,22). The van der Waals surface area contributed by atoms with Gasteiger partial charge in [-0.1, -0.05) is 12.1 Å².